The molecule has 0 amide bonds. The van der Waals surface area contributed by atoms with Gasteiger partial charge in [0.25, 0.3) is 0 Å². The zero-order chi connectivity index (χ0) is 17.0. The van der Waals surface area contributed by atoms with Gasteiger partial charge in [-0.1, -0.05) is 23.2 Å². The second kappa shape index (κ2) is 7.68. The molecule has 0 saturated heterocycles. The lowest BCUT2D eigenvalue weighted by Crippen LogP contribution is -2.19. The molecule has 8 heteroatoms. The van der Waals surface area contributed by atoms with Crippen molar-refractivity contribution >= 4 is 51.9 Å². The molecule has 0 heterocycles. The summed E-state index contributed by atoms with van der Waals surface area (Å²) in [4.78, 5) is 0. The van der Waals surface area contributed by atoms with Crippen LogP contribution in [0.25, 0.3) is 0 Å². The Kier molecular flexibility index (Phi) is 5.87. The van der Waals surface area contributed by atoms with Crippen molar-refractivity contribution in [3.63, 3.8) is 0 Å². The number of thiocarbonyl (C=S) groups is 1. The fourth-order valence-corrected chi connectivity index (χ4v) is 2.49. The number of nitrogens with one attached hydrogen (secondary N) is 2. The van der Waals surface area contributed by atoms with Crippen LogP contribution in [0.4, 0.5) is 15.8 Å². The quantitative estimate of drug-likeness (QED) is 0.740. The van der Waals surface area contributed by atoms with Crippen molar-refractivity contribution < 1.29 is 13.9 Å². The average molecular weight is 375 g/mol. The van der Waals surface area contributed by atoms with Crippen LogP contribution in [-0.4, -0.2) is 19.3 Å². The van der Waals surface area contributed by atoms with Crippen LogP contribution in [0.5, 0.6) is 11.5 Å². The molecular weight excluding hydrogens is 362 g/mol. The maximum absolute atomic E-state index is 13.0. The molecule has 0 saturated carbocycles. The van der Waals surface area contributed by atoms with Gasteiger partial charge in [-0.15, -0.1) is 0 Å². The van der Waals surface area contributed by atoms with Gasteiger partial charge < -0.3 is 20.1 Å². The van der Waals surface area contributed by atoms with Gasteiger partial charge in [0, 0.05) is 12.1 Å². The lowest BCUT2D eigenvalue weighted by Gasteiger charge is -2.16. The summed E-state index contributed by atoms with van der Waals surface area (Å²) in [5, 5.41) is 6.72. The number of rotatable bonds is 4. The summed E-state index contributed by atoms with van der Waals surface area (Å²) in [7, 11) is 3.02. The first kappa shape index (κ1) is 17.6. The highest BCUT2D eigenvalue weighted by molar-refractivity contribution is 7.80. The summed E-state index contributed by atoms with van der Waals surface area (Å²) in [6.07, 6.45) is 0. The van der Waals surface area contributed by atoms with E-state index in [2.05, 4.69) is 10.6 Å². The second-order valence-corrected chi connectivity index (χ2v) is 5.61. The smallest absolute Gasteiger partial charge is 0.175 e. The van der Waals surface area contributed by atoms with Gasteiger partial charge in [0.1, 0.15) is 17.3 Å². The van der Waals surface area contributed by atoms with E-state index < -0.39 is 5.82 Å². The third-order valence-corrected chi connectivity index (χ3v) is 3.71. The van der Waals surface area contributed by atoms with Crippen molar-refractivity contribution in [2.75, 3.05) is 24.9 Å². The van der Waals surface area contributed by atoms with Crippen LogP contribution < -0.4 is 20.1 Å². The van der Waals surface area contributed by atoms with Gasteiger partial charge in [0.2, 0.25) is 0 Å². The number of anilines is 2. The Bertz CT molecular complexity index is 744. The Morgan fingerprint density at radius 3 is 2.22 bits per heavy atom. The molecule has 0 atom stereocenters. The largest absolute Gasteiger partial charge is 0.495 e. The fraction of sp³-hybridized carbons (Fsp3) is 0.133. The number of methoxy groups -OCH3 is 2. The van der Waals surface area contributed by atoms with Crippen molar-refractivity contribution in [3.8, 4) is 11.5 Å². The SMILES string of the molecule is COc1cc(NC(=S)Nc2ccc(F)cc2Cl)c(OC)cc1Cl. The van der Waals surface area contributed by atoms with Crippen molar-refractivity contribution in [1.82, 2.24) is 0 Å². The predicted molar refractivity (Wildman–Crippen MR) is 95.8 cm³/mol. The highest BCUT2D eigenvalue weighted by atomic mass is 35.5. The van der Waals surface area contributed by atoms with Crippen LogP contribution in [0.15, 0.2) is 30.3 Å². The number of ether oxygens (including phenoxy) is 2. The van der Waals surface area contributed by atoms with Gasteiger partial charge in [-0.25, -0.2) is 4.39 Å². The molecule has 0 aromatic heterocycles. The third-order valence-electron chi connectivity index (χ3n) is 2.90. The van der Waals surface area contributed by atoms with Gasteiger partial charge in [0.15, 0.2) is 5.11 Å². The summed E-state index contributed by atoms with van der Waals surface area (Å²) in [6.45, 7) is 0. The minimum absolute atomic E-state index is 0.217. The maximum atomic E-state index is 13.0. The van der Waals surface area contributed by atoms with Crippen molar-refractivity contribution in [2.24, 2.45) is 0 Å². The molecule has 23 heavy (non-hydrogen) atoms. The Morgan fingerprint density at radius 1 is 0.957 bits per heavy atom. The van der Waals surface area contributed by atoms with Crippen molar-refractivity contribution in [1.29, 1.82) is 0 Å². The Balaban J connectivity index is 2.19. The Hall–Kier alpha value is -1.76. The minimum atomic E-state index is -0.427. The molecule has 0 aliphatic rings. The summed E-state index contributed by atoms with van der Waals surface area (Å²) >= 11 is 17.2. The summed E-state index contributed by atoms with van der Waals surface area (Å²) < 4.78 is 23.5. The zero-order valence-corrected chi connectivity index (χ0v) is 14.6. The van der Waals surface area contributed by atoms with E-state index in [1.54, 1.807) is 12.1 Å². The summed E-state index contributed by atoms with van der Waals surface area (Å²) in [6, 6.07) is 7.23. The molecule has 0 radical (unpaired) electrons. The van der Waals surface area contributed by atoms with E-state index >= 15 is 0 Å². The second-order valence-electron chi connectivity index (χ2n) is 4.39. The molecule has 2 N–H and O–H groups in total. The molecule has 0 aliphatic carbocycles. The monoisotopic (exact) mass is 374 g/mol. The predicted octanol–water partition coefficient (Wildman–Crippen LogP) is 4.96. The van der Waals surface area contributed by atoms with E-state index in [4.69, 9.17) is 44.9 Å². The van der Waals surface area contributed by atoms with Crippen molar-refractivity contribution in [2.45, 2.75) is 0 Å². The lowest BCUT2D eigenvalue weighted by molar-refractivity contribution is 0.405. The first-order valence-electron chi connectivity index (χ1n) is 6.39. The average Bonchev–Trinajstić information content (AvgIpc) is 2.51. The van der Waals surface area contributed by atoms with Crippen LogP contribution in [0.2, 0.25) is 10.0 Å². The summed E-state index contributed by atoms with van der Waals surface area (Å²) in [5.74, 6) is 0.534. The number of benzene rings is 2. The van der Waals surface area contributed by atoms with Crippen LogP contribution in [0.3, 0.4) is 0 Å². The fourth-order valence-electron chi connectivity index (χ4n) is 1.82. The lowest BCUT2D eigenvalue weighted by atomic mass is 10.2. The van der Waals surface area contributed by atoms with E-state index in [1.165, 1.54) is 32.4 Å². The van der Waals surface area contributed by atoms with E-state index in [0.717, 1.165) is 0 Å². The first-order chi connectivity index (χ1) is 10.9. The molecule has 0 unspecified atom stereocenters. The molecule has 0 spiro atoms. The van der Waals surface area contributed by atoms with E-state index in [-0.39, 0.29) is 10.1 Å². The van der Waals surface area contributed by atoms with Gasteiger partial charge >= 0.3 is 0 Å². The first-order valence-corrected chi connectivity index (χ1v) is 7.55. The van der Waals surface area contributed by atoms with Gasteiger partial charge in [0.05, 0.1) is 35.6 Å². The zero-order valence-electron chi connectivity index (χ0n) is 12.2. The van der Waals surface area contributed by atoms with Crippen molar-refractivity contribution in [3.05, 3.63) is 46.2 Å². The Labute approximate surface area is 148 Å². The summed E-state index contributed by atoms with van der Waals surface area (Å²) in [5.41, 5.74) is 1.04. The van der Waals surface area contributed by atoms with Crippen LogP contribution in [-0.2, 0) is 0 Å². The topological polar surface area (TPSA) is 42.5 Å². The number of halogens is 3. The van der Waals surface area contributed by atoms with Gasteiger partial charge in [-0.2, -0.15) is 0 Å². The number of hydrogen-bond acceptors (Lipinski definition) is 3. The van der Waals surface area contributed by atoms with Crippen LogP contribution >= 0.6 is 35.4 Å². The third kappa shape index (κ3) is 4.37. The standard InChI is InChI=1S/C15H13Cl2FN2O2S/c1-21-13-7-12(14(22-2)6-10(13)17)20-15(23)19-11-4-3-8(18)5-9(11)16/h3-7H,1-2H3,(H2,19,20,23). The van der Waals surface area contributed by atoms with E-state index in [9.17, 15) is 4.39 Å². The van der Waals surface area contributed by atoms with E-state index in [1.807, 2.05) is 0 Å². The van der Waals surface area contributed by atoms with E-state index in [0.29, 0.717) is 27.9 Å². The molecule has 2 rings (SSSR count). The van der Waals surface area contributed by atoms with Crippen LogP contribution in [0, 0.1) is 5.82 Å². The molecular formula is C15H13Cl2FN2O2S. The molecule has 0 fully saturated rings. The Morgan fingerprint density at radius 2 is 1.61 bits per heavy atom. The molecule has 2 aromatic carbocycles. The normalized spacial score (nSPS) is 10.1. The molecule has 4 nitrogen and oxygen atoms in total. The highest BCUT2D eigenvalue weighted by Crippen LogP contribution is 2.36. The van der Waals surface area contributed by atoms with Gasteiger partial charge in [-0.3, -0.25) is 0 Å². The molecule has 0 bridgehead atoms. The highest BCUT2D eigenvalue weighted by Gasteiger charge is 2.12. The number of hydrogen-bond donors (Lipinski definition) is 2. The van der Waals surface area contributed by atoms with Gasteiger partial charge in [-0.05, 0) is 30.4 Å². The minimum Gasteiger partial charge on any atom is -0.495 e. The maximum Gasteiger partial charge on any atom is 0.175 e. The molecule has 0 aliphatic heterocycles. The van der Waals surface area contributed by atoms with Crippen LogP contribution in [0.1, 0.15) is 0 Å². The molecule has 122 valence electrons. The molecule has 2 aromatic rings.